The second-order valence-electron chi connectivity index (χ2n) is 7.75. The lowest BCUT2D eigenvalue weighted by Gasteiger charge is -2.30. The van der Waals surface area contributed by atoms with E-state index in [4.69, 9.17) is 4.74 Å². The number of ketones is 1. The van der Waals surface area contributed by atoms with Crippen molar-refractivity contribution in [2.24, 2.45) is 5.92 Å². The number of aromatic nitrogens is 1. The van der Waals surface area contributed by atoms with E-state index in [-0.39, 0.29) is 16.5 Å². The number of rotatable bonds is 6. The number of aromatic amines is 1. The van der Waals surface area contributed by atoms with E-state index in [1.807, 2.05) is 31.2 Å². The Kier molecular flexibility index (Phi) is 6.00. The summed E-state index contributed by atoms with van der Waals surface area (Å²) in [6.07, 6.45) is 0.131. The van der Waals surface area contributed by atoms with Crippen molar-refractivity contribution in [1.29, 1.82) is 0 Å². The number of hydrogen-bond donors (Lipinski definition) is 1. The van der Waals surface area contributed by atoms with Crippen molar-refractivity contribution in [3.63, 3.8) is 0 Å². The molecular formula is C22H24N2O5S2. The Balaban J connectivity index is 1.46. The second kappa shape index (κ2) is 8.57. The molecule has 1 fully saturated rings. The number of H-pyrrole nitrogens is 1. The zero-order valence-corrected chi connectivity index (χ0v) is 19.0. The molecule has 31 heavy (non-hydrogen) atoms. The van der Waals surface area contributed by atoms with E-state index in [1.165, 1.54) is 4.31 Å². The molecule has 4 rings (SSSR count). The van der Waals surface area contributed by atoms with E-state index in [0.29, 0.717) is 24.9 Å². The largest absolute Gasteiger partial charge is 0.454 e. The van der Waals surface area contributed by atoms with Crippen LogP contribution in [-0.2, 0) is 19.6 Å². The summed E-state index contributed by atoms with van der Waals surface area (Å²) in [4.78, 5) is 29.0. The summed E-state index contributed by atoms with van der Waals surface area (Å²) in [7, 11) is -3.62. The molecule has 0 aliphatic carbocycles. The number of fused-ring (bicyclic) bond motifs is 1. The van der Waals surface area contributed by atoms with Crippen molar-refractivity contribution < 1.29 is 22.7 Å². The highest BCUT2D eigenvalue weighted by Crippen LogP contribution is 2.28. The van der Waals surface area contributed by atoms with Gasteiger partial charge in [-0.1, -0.05) is 24.3 Å². The van der Waals surface area contributed by atoms with Gasteiger partial charge in [-0.2, -0.15) is 4.31 Å². The number of para-hydroxylation sites is 1. The molecule has 1 aliphatic rings. The van der Waals surface area contributed by atoms with Crippen LogP contribution in [0.3, 0.4) is 0 Å². The molecule has 2 aromatic heterocycles. The lowest BCUT2D eigenvalue weighted by molar-refractivity contribution is -0.152. The summed E-state index contributed by atoms with van der Waals surface area (Å²) in [5.41, 5.74) is 2.09. The maximum absolute atomic E-state index is 13.0. The number of carbonyl (C=O) groups excluding carboxylic acids is 2. The standard InChI is InChI=1S/C22H24N2O5S2/c1-14-20(17-8-3-4-9-18(17)23-14)21(25)15(2)29-22(26)16-7-5-11-24(13-16)31(27,28)19-10-6-12-30-19/h3-4,6,8-10,12,15-16,23H,5,7,11,13H2,1-2H3. The fraction of sp³-hybridized carbons (Fsp3) is 0.364. The first-order valence-electron chi connectivity index (χ1n) is 10.1. The minimum Gasteiger partial charge on any atom is -0.454 e. The van der Waals surface area contributed by atoms with E-state index in [9.17, 15) is 18.0 Å². The third-order valence-electron chi connectivity index (χ3n) is 5.61. The lowest BCUT2D eigenvalue weighted by Crippen LogP contribution is -2.43. The number of nitrogens with zero attached hydrogens (tertiary/aromatic N) is 1. The molecule has 7 nitrogen and oxygen atoms in total. The second-order valence-corrected chi connectivity index (χ2v) is 10.9. The number of hydrogen-bond acceptors (Lipinski definition) is 6. The highest BCUT2D eigenvalue weighted by Gasteiger charge is 2.36. The van der Waals surface area contributed by atoms with Gasteiger partial charge in [0, 0.05) is 35.2 Å². The predicted octanol–water partition coefficient (Wildman–Crippen LogP) is 3.75. The lowest BCUT2D eigenvalue weighted by atomic mass is 9.99. The summed E-state index contributed by atoms with van der Waals surface area (Å²) >= 11 is 1.15. The van der Waals surface area contributed by atoms with Crippen LogP contribution in [0.4, 0.5) is 0 Å². The Labute approximate surface area is 185 Å². The van der Waals surface area contributed by atoms with Crippen LogP contribution in [0.5, 0.6) is 0 Å². The van der Waals surface area contributed by atoms with Gasteiger partial charge in [0.05, 0.1) is 5.92 Å². The molecule has 3 aromatic rings. The number of nitrogens with one attached hydrogen (secondary N) is 1. The number of Topliss-reactive ketones (excluding diaryl/α,β-unsaturated/α-hetero) is 1. The topological polar surface area (TPSA) is 96.5 Å². The van der Waals surface area contributed by atoms with E-state index >= 15 is 0 Å². The first-order chi connectivity index (χ1) is 14.8. The number of carbonyl (C=O) groups is 2. The number of sulfonamides is 1. The maximum Gasteiger partial charge on any atom is 0.310 e. The summed E-state index contributed by atoms with van der Waals surface area (Å²) in [6, 6.07) is 10.7. The van der Waals surface area contributed by atoms with Gasteiger partial charge < -0.3 is 9.72 Å². The van der Waals surface area contributed by atoms with Gasteiger partial charge in [0.25, 0.3) is 10.0 Å². The molecule has 2 unspecified atom stereocenters. The Morgan fingerprint density at radius 2 is 2.00 bits per heavy atom. The number of ether oxygens (including phenoxy) is 1. The van der Waals surface area contributed by atoms with E-state index in [0.717, 1.165) is 27.9 Å². The van der Waals surface area contributed by atoms with Crippen LogP contribution in [0.15, 0.2) is 46.0 Å². The van der Waals surface area contributed by atoms with Gasteiger partial charge in [0.2, 0.25) is 5.78 Å². The fourth-order valence-electron chi connectivity index (χ4n) is 4.01. The maximum atomic E-state index is 13.0. The van der Waals surface area contributed by atoms with E-state index in [1.54, 1.807) is 24.4 Å². The Bertz CT molecular complexity index is 1210. The molecule has 0 spiro atoms. The Morgan fingerprint density at radius 1 is 1.23 bits per heavy atom. The Morgan fingerprint density at radius 3 is 2.74 bits per heavy atom. The number of piperidine rings is 1. The van der Waals surface area contributed by atoms with Crippen molar-refractivity contribution in [3.8, 4) is 0 Å². The van der Waals surface area contributed by atoms with Gasteiger partial charge in [-0.25, -0.2) is 8.42 Å². The SMILES string of the molecule is Cc1[nH]c2ccccc2c1C(=O)C(C)OC(=O)C1CCCN(S(=O)(=O)c2cccs2)C1. The molecular weight excluding hydrogens is 436 g/mol. The summed E-state index contributed by atoms with van der Waals surface area (Å²) in [5.74, 6) is -1.41. The first-order valence-corrected chi connectivity index (χ1v) is 12.5. The molecule has 1 saturated heterocycles. The highest BCUT2D eigenvalue weighted by atomic mass is 32.2. The molecule has 0 saturated carbocycles. The van der Waals surface area contributed by atoms with Gasteiger partial charge in [-0.15, -0.1) is 11.3 Å². The van der Waals surface area contributed by atoms with Crippen LogP contribution < -0.4 is 0 Å². The van der Waals surface area contributed by atoms with Crippen molar-refractivity contribution >= 4 is 44.0 Å². The molecule has 1 N–H and O–H groups in total. The molecule has 0 radical (unpaired) electrons. The number of benzene rings is 1. The van der Waals surface area contributed by atoms with Crippen LogP contribution >= 0.6 is 11.3 Å². The van der Waals surface area contributed by atoms with Gasteiger partial charge in [0.1, 0.15) is 4.21 Å². The summed E-state index contributed by atoms with van der Waals surface area (Å²) in [6.45, 7) is 3.81. The zero-order chi connectivity index (χ0) is 22.2. The van der Waals surface area contributed by atoms with Crippen molar-refractivity contribution in [3.05, 3.63) is 53.0 Å². The zero-order valence-electron chi connectivity index (χ0n) is 17.3. The van der Waals surface area contributed by atoms with Gasteiger partial charge in [-0.3, -0.25) is 9.59 Å². The van der Waals surface area contributed by atoms with Crippen LogP contribution in [0.2, 0.25) is 0 Å². The van der Waals surface area contributed by atoms with Crippen molar-refractivity contribution in [2.45, 2.75) is 37.0 Å². The normalized spacial score (nSPS) is 18.7. The van der Waals surface area contributed by atoms with Crippen molar-refractivity contribution in [2.75, 3.05) is 13.1 Å². The van der Waals surface area contributed by atoms with Gasteiger partial charge in [-0.05, 0) is 44.2 Å². The third kappa shape index (κ3) is 4.17. The summed E-state index contributed by atoms with van der Waals surface area (Å²) in [5, 5.41) is 2.50. The minimum absolute atomic E-state index is 0.0616. The summed E-state index contributed by atoms with van der Waals surface area (Å²) < 4.78 is 32.7. The molecule has 2 atom stereocenters. The highest BCUT2D eigenvalue weighted by molar-refractivity contribution is 7.91. The monoisotopic (exact) mass is 460 g/mol. The van der Waals surface area contributed by atoms with E-state index in [2.05, 4.69) is 4.98 Å². The minimum atomic E-state index is -3.62. The van der Waals surface area contributed by atoms with Crippen LogP contribution in [0.25, 0.3) is 10.9 Å². The predicted molar refractivity (Wildman–Crippen MR) is 119 cm³/mol. The average Bonchev–Trinajstić information content (AvgIpc) is 3.41. The molecule has 1 aromatic carbocycles. The average molecular weight is 461 g/mol. The fourth-order valence-corrected chi connectivity index (χ4v) is 6.68. The van der Waals surface area contributed by atoms with Crippen LogP contribution in [0, 0.1) is 12.8 Å². The molecule has 0 bridgehead atoms. The quantitative estimate of drug-likeness (QED) is 0.446. The van der Waals surface area contributed by atoms with Crippen molar-refractivity contribution in [1.82, 2.24) is 9.29 Å². The third-order valence-corrected chi connectivity index (χ3v) is 8.85. The molecule has 164 valence electrons. The number of esters is 1. The van der Waals surface area contributed by atoms with E-state index < -0.39 is 28.0 Å². The molecule has 9 heteroatoms. The number of aryl methyl sites for hydroxylation is 1. The van der Waals surface area contributed by atoms with Gasteiger partial charge >= 0.3 is 5.97 Å². The molecule has 1 aliphatic heterocycles. The van der Waals surface area contributed by atoms with Crippen LogP contribution in [0.1, 0.15) is 35.8 Å². The first kappa shape index (κ1) is 21.7. The Hall–Kier alpha value is -2.49. The molecule has 0 amide bonds. The number of thiophene rings is 1. The smallest absolute Gasteiger partial charge is 0.310 e. The molecule has 3 heterocycles. The van der Waals surface area contributed by atoms with Gasteiger partial charge in [0.15, 0.2) is 6.10 Å². The van der Waals surface area contributed by atoms with Crippen LogP contribution in [-0.4, -0.2) is 48.7 Å².